The molecule has 10 nitrogen and oxygen atoms in total. The Bertz CT molecular complexity index is 1060. The summed E-state index contributed by atoms with van der Waals surface area (Å²) in [7, 11) is 1.63. The topological polar surface area (TPSA) is 145 Å². The second-order valence-electron chi connectivity index (χ2n) is 7.95. The maximum atomic E-state index is 12.8. The number of aliphatic hydroxyl groups excluding tert-OH is 3. The lowest BCUT2D eigenvalue weighted by molar-refractivity contribution is -0.287. The predicted molar refractivity (Wildman–Crippen MR) is 118 cm³/mol. The van der Waals surface area contributed by atoms with Crippen LogP contribution in [0.15, 0.2) is 49.1 Å². The minimum absolute atomic E-state index is 0.161. The number of aryl methyl sites for hydroxylation is 1. The van der Waals surface area contributed by atoms with E-state index in [0.717, 1.165) is 5.56 Å². The number of hydrogen-bond acceptors (Lipinski definition) is 9. The number of esters is 2. The van der Waals surface area contributed by atoms with Crippen molar-refractivity contribution in [2.75, 3.05) is 6.61 Å². The molecule has 1 fully saturated rings. The van der Waals surface area contributed by atoms with Crippen LogP contribution in [0.25, 0.3) is 0 Å². The zero-order valence-electron chi connectivity index (χ0n) is 18.8. The molecular weight excluding hydrogens is 446 g/mol. The first-order chi connectivity index (χ1) is 16.1. The molecule has 1 aliphatic rings. The van der Waals surface area contributed by atoms with E-state index in [2.05, 4.69) is 6.58 Å². The van der Waals surface area contributed by atoms with Gasteiger partial charge in [-0.05, 0) is 19.1 Å². The number of ketones is 1. The number of rotatable bonds is 8. The molecule has 0 saturated carbocycles. The third-order valence-corrected chi connectivity index (χ3v) is 5.49. The van der Waals surface area contributed by atoms with Gasteiger partial charge in [0.25, 0.3) is 0 Å². The number of hydrogen-bond donors (Lipinski definition) is 3. The van der Waals surface area contributed by atoms with Crippen LogP contribution in [0, 0.1) is 6.92 Å². The molecule has 2 heterocycles. The molecule has 0 radical (unpaired) electrons. The molecule has 0 spiro atoms. The summed E-state index contributed by atoms with van der Waals surface area (Å²) in [4.78, 5) is 37.4. The standard InChI is InChI=1S/C24H27NO9/c1-4-11-32-23(31)22-20(29)19(28)21(30)24(34-22)33-17(26)12-15-9-10-16(25(15)3)18(27)14-7-5-13(2)6-8-14/h4-10,19-22,24,28-30H,1,11-12H2,2-3H3/t19-,20-,21-,22-,24+/m0/s1. The third kappa shape index (κ3) is 5.42. The highest BCUT2D eigenvalue weighted by molar-refractivity contribution is 6.08. The molecule has 2 aromatic rings. The molecule has 34 heavy (non-hydrogen) atoms. The normalized spacial score (nSPS) is 24.3. The van der Waals surface area contributed by atoms with Crippen LogP contribution < -0.4 is 0 Å². The molecule has 1 aromatic heterocycles. The zero-order chi connectivity index (χ0) is 25.0. The van der Waals surface area contributed by atoms with Gasteiger partial charge in [0.2, 0.25) is 12.1 Å². The highest BCUT2D eigenvalue weighted by Crippen LogP contribution is 2.24. The minimum Gasteiger partial charge on any atom is -0.459 e. The van der Waals surface area contributed by atoms with Crippen LogP contribution in [-0.2, 0) is 37.3 Å². The van der Waals surface area contributed by atoms with E-state index in [0.29, 0.717) is 17.0 Å². The molecule has 1 aliphatic heterocycles. The van der Waals surface area contributed by atoms with Gasteiger partial charge >= 0.3 is 11.9 Å². The molecule has 5 atom stereocenters. The first-order valence-electron chi connectivity index (χ1n) is 10.6. The van der Waals surface area contributed by atoms with Crippen molar-refractivity contribution in [3.8, 4) is 0 Å². The fraction of sp³-hybridized carbons (Fsp3) is 0.375. The van der Waals surface area contributed by atoms with Crippen molar-refractivity contribution in [3.63, 3.8) is 0 Å². The van der Waals surface area contributed by atoms with E-state index in [1.54, 1.807) is 35.9 Å². The van der Waals surface area contributed by atoms with Gasteiger partial charge in [0, 0.05) is 18.3 Å². The van der Waals surface area contributed by atoms with Gasteiger partial charge in [-0.1, -0.05) is 42.5 Å². The molecule has 0 unspecified atom stereocenters. The van der Waals surface area contributed by atoms with Crippen LogP contribution in [0.3, 0.4) is 0 Å². The molecule has 1 saturated heterocycles. The number of aromatic nitrogens is 1. The lowest BCUT2D eigenvalue weighted by Crippen LogP contribution is -2.61. The van der Waals surface area contributed by atoms with Gasteiger partial charge in [-0.25, -0.2) is 4.79 Å². The van der Waals surface area contributed by atoms with Crippen molar-refractivity contribution in [2.24, 2.45) is 7.05 Å². The molecule has 3 rings (SSSR count). The SMILES string of the molecule is C=CCOC(=O)[C@H]1O[C@@H](OC(=O)Cc2ccc(C(=O)c3ccc(C)cc3)n2C)[C@@H](O)[C@@H](O)[C@@H]1O. The minimum atomic E-state index is -1.82. The molecule has 10 heteroatoms. The molecule has 3 N–H and O–H groups in total. The monoisotopic (exact) mass is 473 g/mol. The Kier molecular flexibility index (Phi) is 8.00. The van der Waals surface area contributed by atoms with Gasteiger partial charge in [-0.2, -0.15) is 0 Å². The quantitative estimate of drug-likeness (QED) is 0.278. The molecule has 0 bridgehead atoms. The van der Waals surface area contributed by atoms with Crippen molar-refractivity contribution in [3.05, 3.63) is 71.6 Å². The average Bonchev–Trinajstić information content (AvgIpc) is 3.17. The highest BCUT2D eigenvalue weighted by atomic mass is 16.7. The summed E-state index contributed by atoms with van der Waals surface area (Å²) in [6.07, 6.45) is -7.78. The lowest BCUT2D eigenvalue weighted by Gasteiger charge is -2.38. The Hall–Kier alpha value is -3.31. The number of benzene rings is 1. The molecular formula is C24H27NO9. The Morgan fingerprint density at radius 2 is 1.74 bits per heavy atom. The molecule has 182 valence electrons. The number of carbonyl (C=O) groups excluding carboxylic acids is 3. The fourth-order valence-corrected chi connectivity index (χ4v) is 3.49. The Balaban J connectivity index is 1.67. The van der Waals surface area contributed by atoms with Crippen molar-refractivity contribution < 1.29 is 43.9 Å². The molecule has 1 aromatic carbocycles. The second-order valence-corrected chi connectivity index (χ2v) is 7.95. The van der Waals surface area contributed by atoms with Crippen LogP contribution in [0.1, 0.15) is 27.3 Å². The van der Waals surface area contributed by atoms with E-state index < -0.39 is 42.6 Å². The van der Waals surface area contributed by atoms with Gasteiger partial charge in [0.15, 0.2) is 6.10 Å². The second kappa shape index (κ2) is 10.7. The van der Waals surface area contributed by atoms with E-state index >= 15 is 0 Å². The summed E-state index contributed by atoms with van der Waals surface area (Å²) >= 11 is 0. The number of ether oxygens (including phenoxy) is 3. The maximum absolute atomic E-state index is 12.8. The van der Waals surface area contributed by atoms with E-state index in [4.69, 9.17) is 14.2 Å². The number of nitrogens with zero attached hydrogens (tertiary/aromatic N) is 1. The molecule has 0 aliphatic carbocycles. The summed E-state index contributed by atoms with van der Waals surface area (Å²) in [5.74, 6) is -2.08. The summed E-state index contributed by atoms with van der Waals surface area (Å²) in [5, 5.41) is 30.2. The lowest BCUT2D eigenvalue weighted by atomic mass is 9.99. The van der Waals surface area contributed by atoms with Crippen molar-refractivity contribution in [1.82, 2.24) is 4.57 Å². The molecule has 0 amide bonds. The van der Waals surface area contributed by atoms with Crippen LogP contribution in [0.2, 0.25) is 0 Å². The smallest absolute Gasteiger partial charge is 0.338 e. The van der Waals surface area contributed by atoms with E-state index in [-0.39, 0.29) is 18.8 Å². The summed E-state index contributed by atoms with van der Waals surface area (Å²) in [6.45, 7) is 5.15. The van der Waals surface area contributed by atoms with Gasteiger partial charge < -0.3 is 34.1 Å². The third-order valence-electron chi connectivity index (χ3n) is 5.49. The number of aliphatic hydroxyl groups is 3. The van der Waals surface area contributed by atoms with Gasteiger partial charge in [0.05, 0.1) is 12.1 Å². The van der Waals surface area contributed by atoms with E-state index in [9.17, 15) is 29.7 Å². The van der Waals surface area contributed by atoms with Gasteiger partial charge in [-0.3, -0.25) is 9.59 Å². The Morgan fingerprint density at radius 3 is 2.38 bits per heavy atom. The largest absolute Gasteiger partial charge is 0.459 e. The fourth-order valence-electron chi connectivity index (χ4n) is 3.49. The first-order valence-corrected chi connectivity index (χ1v) is 10.6. The Morgan fingerprint density at radius 1 is 1.06 bits per heavy atom. The van der Waals surface area contributed by atoms with Crippen LogP contribution in [0.4, 0.5) is 0 Å². The predicted octanol–water partition coefficient (Wildman–Crippen LogP) is 0.187. The van der Waals surface area contributed by atoms with E-state index in [1.165, 1.54) is 6.08 Å². The van der Waals surface area contributed by atoms with Crippen molar-refractivity contribution >= 4 is 17.7 Å². The van der Waals surface area contributed by atoms with Crippen LogP contribution >= 0.6 is 0 Å². The van der Waals surface area contributed by atoms with Crippen molar-refractivity contribution in [1.29, 1.82) is 0 Å². The zero-order valence-corrected chi connectivity index (χ0v) is 18.8. The van der Waals surface area contributed by atoms with Crippen LogP contribution in [-0.4, -0.2) is 74.9 Å². The summed E-state index contributed by atoms with van der Waals surface area (Å²) < 4.78 is 16.7. The van der Waals surface area contributed by atoms with Gasteiger partial charge in [-0.15, -0.1) is 0 Å². The summed E-state index contributed by atoms with van der Waals surface area (Å²) in [6, 6.07) is 10.3. The van der Waals surface area contributed by atoms with Crippen molar-refractivity contribution in [2.45, 2.75) is 44.1 Å². The Labute approximate surface area is 196 Å². The highest BCUT2D eigenvalue weighted by Gasteiger charge is 2.49. The average molecular weight is 473 g/mol. The van der Waals surface area contributed by atoms with E-state index in [1.807, 2.05) is 19.1 Å². The first kappa shape index (κ1) is 25.3. The van der Waals surface area contributed by atoms with Gasteiger partial charge in [0.1, 0.15) is 24.9 Å². The van der Waals surface area contributed by atoms with Crippen LogP contribution in [0.5, 0.6) is 0 Å². The number of carbonyl (C=O) groups is 3. The summed E-state index contributed by atoms with van der Waals surface area (Å²) in [5.41, 5.74) is 2.34. The maximum Gasteiger partial charge on any atom is 0.338 e.